The highest BCUT2D eigenvalue weighted by molar-refractivity contribution is 8.02. The SMILES string of the molecule is CCc1ccccc1CSC#N. The summed E-state index contributed by atoms with van der Waals surface area (Å²) in [5.41, 5.74) is 2.63. The first-order valence-corrected chi connectivity index (χ1v) is 4.94. The smallest absolute Gasteiger partial charge is 0.133 e. The summed E-state index contributed by atoms with van der Waals surface area (Å²) < 4.78 is 0. The molecule has 0 aromatic heterocycles. The van der Waals surface area contributed by atoms with Crippen molar-refractivity contribution in [1.82, 2.24) is 0 Å². The van der Waals surface area contributed by atoms with Crippen LogP contribution in [0.25, 0.3) is 0 Å². The highest BCUT2D eigenvalue weighted by Crippen LogP contribution is 2.15. The number of rotatable bonds is 3. The predicted molar refractivity (Wildman–Crippen MR) is 52.7 cm³/mol. The van der Waals surface area contributed by atoms with Crippen LogP contribution in [0.4, 0.5) is 0 Å². The average molecular weight is 177 g/mol. The number of thiocyanates is 1. The van der Waals surface area contributed by atoms with Crippen LogP contribution >= 0.6 is 11.8 Å². The molecule has 0 aliphatic carbocycles. The van der Waals surface area contributed by atoms with Gasteiger partial charge in [-0.25, -0.2) is 0 Å². The molecule has 0 aliphatic heterocycles. The van der Waals surface area contributed by atoms with Gasteiger partial charge in [0.25, 0.3) is 0 Å². The van der Waals surface area contributed by atoms with Crippen LogP contribution in [0.5, 0.6) is 0 Å². The van der Waals surface area contributed by atoms with Crippen molar-refractivity contribution in [3.63, 3.8) is 0 Å². The summed E-state index contributed by atoms with van der Waals surface area (Å²) in [5.74, 6) is 0.806. The van der Waals surface area contributed by atoms with Gasteiger partial charge < -0.3 is 0 Å². The van der Waals surface area contributed by atoms with Gasteiger partial charge in [-0.1, -0.05) is 31.2 Å². The molecule has 1 rings (SSSR count). The van der Waals surface area contributed by atoms with Gasteiger partial charge in [-0.05, 0) is 29.3 Å². The van der Waals surface area contributed by atoms with Gasteiger partial charge in [0.1, 0.15) is 5.40 Å². The number of aryl methyl sites for hydroxylation is 1. The molecule has 0 radical (unpaired) electrons. The van der Waals surface area contributed by atoms with Crippen molar-refractivity contribution in [1.29, 1.82) is 5.26 Å². The van der Waals surface area contributed by atoms with Crippen LogP contribution in [0, 0.1) is 10.7 Å². The van der Waals surface area contributed by atoms with Crippen LogP contribution < -0.4 is 0 Å². The second-order valence-electron chi connectivity index (χ2n) is 2.50. The van der Waals surface area contributed by atoms with Crippen LogP contribution in [0.15, 0.2) is 24.3 Å². The quantitative estimate of drug-likeness (QED) is 0.663. The zero-order chi connectivity index (χ0) is 8.81. The van der Waals surface area contributed by atoms with Crippen molar-refractivity contribution in [3.8, 4) is 5.40 Å². The third-order valence-electron chi connectivity index (χ3n) is 1.79. The zero-order valence-corrected chi connectivity index (χ0v) is 7.90. The Morgan fingerprint density at radius 3 is 2.58 bits per heavy atom. The molecule has 2 heteroatoms. The molecular weight excluding hydrogens is 166 g/mol. The number of hydrogen-bond acceptors (Lipinski definition) is 2. The molecule has 0 bridgehead atoms. The van der Waals surface area contributed by atoms with Crippen molar-refractivity contribution in [3.05, 3.63) is 35.4 Å². The van der Waals surface area contributed by atoms with E-state index in [4.69, 9.17) is 5.26 Å². The number of thioether (sulfide) groups is 1. The van der Waals surface area contributed by atoms with Gasteiger partial charge in [-0.15, -0.1) is 0 Å². The van der Waals surface area contributed by atoms with E-state index < -0.39 is 0 Å². The Morgan fingerprint density at radius 1 is 1.33 bits per heavy atom. The Morgan fingerprint density at radius 2 is 2.00 bits per heavy atom. The molecular formula is C10H11NS. The molecule has 62 valence electrons. The maximum Gasteiger partial charge on any atom is 0.133 e. The van der Waals surface area contributed by atoms with E-state index in [9.17, 15) is 0 Å². The fraction of sp³-hybridized carbons (Fsp3) is 0.300. The van der Waals surface area contributed by atoms with E-state index in [-0.39, 0.29) is 0 Å². The van der Waals surface area contributed by atoms with Crippen molar-refractivity contribution in [2.45, 2.75) is 19.1 Å². The molecule has 1 nitrogen and oxygen atoms in total. The molecule has 0 spiro atoms. The lowest BCUT2D eigenvalue weighted by atomic mass is 10.1. The van der Waals surface area contributed by atoms with Gasteiger partial charge in [0.2, 0.25) is 0 Å². The maximum absolute atomic E-state index is 8.40. The van der Waals surface area contributed by atoms with E-state index in [1.54, 1.807) is 0 Å². The van der Waals surface area contributed by atoms with E-state index in [2.05, 4.69) is 24.5 Å². The zero-order valence-electron chi connectivity index (χ0n) is 7.08. The molecule has 0 saturated heterocycles. The molecule has 12 heavy (non-hydrogen) atoms. The lowest BCUT2D eigenvalue weighted by Crippen LogP contribution is -1.88. The second-order valence-corrected chi connectivity index (χ2v) is 3.26. The van der Waals surface area contributed by atoms with Crippen molar-refractivity contribution < 1.29 is 0 Å². The highest BCUT2D eigenvalue weighted by atomic mass is 32.2. The first-order valence-electron chi connectivity index (χ1n) is 3.96. The van der Waals surface area contributed by atoms with Gasteiger partial charge in [-0.3, -0.25) is 0 Å². The lowest BCUT2D eigenvalue weighted by molar-refractivity contribution is 1.10. The maximum atomic E-state index is 8.40. The highest BCUT2D eigenvalue weighted by Gasteiger charge is 1.98. The fourth-order valence-electron chi connectivity index (χ4n) is 1.15. The van der Waals surface area contributed by atoms with Crippen LogP contribution in [0.2, 0.25) is 0 Å². The van der Waals surface area contributed by atoms with Crippen LogP contribution in [0.3, 0.4) is 0 Å². The van der Waals surface area contributed by atoms with E-state index in [0.29, 0.717) is 0 Å². The average Bonchev–Trinajstić information content (AvgIpc) is 2.15. The van der Waals surface area contributed by atoms with Gasteiger partial charge in [0.15, 0.2) is 0 Å². The van der Waals surface area contributed by atoms with Crippen molar-refractivity contribution in [2.75, 3.05) is 0 Å². The normalized spacial score (nSPS) is 9.33. The number of nitriles is 1. The van der Waals surface area contributed by atoms with E-state index in [1.807, 2.05) is 12.1 Å². The Labute approximate surface area is 77.4 Å². The molecule has 0 atom stereocenters. The van der Waals surface area contributed by atoms with Gasteiger partial charge in [-0.2, -0.15) is 5.26 Å². The predicted octanol–water partition coefficient (Wildman–Crippen LogP) is 2.96. The standard InChI is InChI=1S/C10H11NS/c1-2-9-5-3-4-6-10(9)7-12-8-11/h3-6H,2,7H2,1H3. The van der Waals surface area contributed by atoms with Gasteiger partial charge in [0, 0.05) is 5.75 Å². The molecule has 1 aromatic rings. The largest absolute Gasteiger partial charge is 0.185 e. The first-order chi connectivity index (χ1) is 5.88. The second kappa shape index (κ2) is 4.84. The Hall–Kier alpha value is -0.940. The third-order valence-corrected chi connectivity index (χ3v) is 2.38. The van der Waals surface area contributed by atoms with E-state index in [1.165, 1.54) is 22.9 Å². The molecule has 0 heterocycles. The minimum Gasteiger partial charge on any atom is -0.185 e. The number of benzene rings is 1. The lowest BCUT2D eigenvalue weighted by Gasteiger charge is -2.03. The Bertz CT molecular complexity index is 288. The van der Waals surface area contributed by atoms with Gasteiger partial charge >= 0.3 is 0 Å². The number of hydrogen-bond donors (Lipinski definition) is 0. The fourth-order valence-corrected chi connectivity index (χ4v) is 1.65. The molecule has 0 saturated carbocycles. The molecule has 1 aromatic carbocycles. The summed E-state index contributed by atoms with van der Waals surface area (Å²) in [4.78, 5) is 0. The Balaban J connectivity index is 2.76. The molecule has 0 fully saturated rings. The third kappa shape index (κ3) is 2.28. The first kappa shape index (κ1) is 9.15. The molecule has 0 aliphatic rings. The van der Waals surface area contributed by atoms with Crippen LogP contribution in [-0.4, -0.2) is 0 Å². The summed E-state index contributed by atoms with van der Waals surface area (Å²) >= 11 is 1.30. The summed E-state index contributed by atoms with van der Waals surface area (Å²) in [6.45, 7) is 2.13. The summed E-state index contributed by atoms with van der Waals surface area (Å²) in [6, 6.07) is 8.27. The molecule has 0 unspecified atom stereocenters. The monoisotopic (exact) mass is 177 g/mol. The van der Waals surface area contributed by atoms with Crippen molar-refractivity contribution >= 4 is 11.8 Å². The van der Waals surface area contributed by atoms with Crippen LogP contribution in [0.1, 0.15) is 18.1 Å². The van der Waals surface area contributed by atoms with Crippen molar-refractivity contribution in [2.24, 2.45) is 0 Å². The number of nitrogens with zero attached hydrogens (tertiary/aromatic N) is 1. The summed E-state index contributed by atoms with van der Waals surface area (Å²) in [5, 5.41) is 10.5. The summed E-state index contributed by atoms with van der Waals surface area (Å²) in [6.07, 6.45) is 1.04. The topological polar surface area (TPSA) is 23.8 Å². The van der Waals surface area contributed by atoms with E-state index >= 15 is 0 Å². The Kier molecular flexibility index (Phi) is 3.69. The summed E-state index contributed by atoms with van der Waals surface area (Å²) in [7, 11) is 0. The van der Waals surface area contributed by atoms with Gasteiger partial charge in [0.05, 0.1) is 0 Å². The van der Waals surface area contributed by atoms with E-state index in [0.717, 1.165) is 12.2 Å². The molecule has 0 N–H and O–H groups in total. The minimum atomic E-state index is 0.806. The van der Waals surface area contributed by atoms with Crippen LogP contribution in [-0.2, 0) is 12.2 Å². The minimum absolute atomic E-state index is 0.806. The molecule has 0 amide bonds.